The molecule has 41 heavy (non-hydrogen) atoms. The van der Waals surface area contributed by atoms with Crippen LogP contribution in [0.4, 0.5) is 13.2 Å². The number of rotatable bonds is 10. The van der Waals surface area contributed by atoms with Crippen molar-refractivity contribution in [1.82, 2.24) is 4.57 Å². The van der Waals surface area contributed by atoms with E-state index in [1.807, 2.05) is 47.7 Å². The van der Waals surface area contributed by atoms with Gasteiger partial charge in [0.2, 0.25) is 5.43 Å². The molecule has 0 amide bonds. The summed E-state index contributed by atoms with van der Waals surface area (Å²) >= 11 is 0. The molecule has 224 valence electrons. The smallest absolute Gasteiger partial charge is 0.343 e. The van der Waals surface area contributed by atoms with Gasteiger partial charge in [-0.25, -0.2) is 18.0 Å². The summed E-state index contributed by atoms with van der Waals surface area (Å²) in [5.41, 5.74) is -0.315. The van der Waals surface area contributed by atoms with Crippen LogP contribution < -0.4 is 5.43 Å². The van der Waals surface area contributed by atoms with E-state index in [0.29, 0.717) is 18.4 Å². The molecule has 0 fully saturated rings. The van der Waals surface area contributed by atoms with Gasteiger partial charge in [-0.15, -0.1) is 0 Å². The Morgan fingerprint density at radius 1 is 1.00 bits per heavy atom. The van der Waals surface area contributed by atoms with Gasteiger partial charge in [0, 0.05) is 23.7 Å². The van der Waals surface area contributed by atoms with Crippen molar-refractivity contribution >= 4 is 25.2 Å². The monoisotopic (exact) mass is 589 g/mol. The molecule has 0 spiro atoms. The zero-order chi connectivity index (χ0) is 30.9. The van der Waals surface area contributed by atoms with Gasteiger partial charge in [-0.2, -0.15) is 0 Å². The standard InChI is InChI=1S/C32H42F3NO4Si/c1-9-40-30(38)24-19-36(28(31(2,3)4)14-15-32(5,6)41(7,8)39)27-18-26(35)21(16-23(27)29(24)37)11-10-20-12-13-22(33)17-25(20)34/h12-13,16-19,28,39H,9-11,14-15H2,1-8H3/t28-/m1/s1. The van der Waals surface area contributed by atoms with Gasteiger partial charge in [0.15, 0.2) is 8.32 Å². The van der Waals surface area contributed by atoms with E-state index in [-0.39, 0.29) is 58.0 Å². The lowest BCUT2D eigenvalue weighted by Crippen LogP contribution is -2.40. The van der Waals surface area contributed by atoms with E-state index in [2.05, 4.69) is 0 Å². The van der Waals surface area contributed by atoms with E-state index in [9.17, 15) is 23.2 Å². The van der Waals surface area contributed by atoms with Crippen LogP contribution in [-0.2, 0) is 17.6 Å². The highest BCUT2D eigenvalue weighted by Crippen LogP contribution is 2.45. The van der Waals surface area contributed by atoms with Crippen molar-refractivity contribution < 1.29 is 27.5 Å². The number of fused-ring (bicyclic) bond motifs is 1. The highest BCUT2D eigenvalue weighted by molar-refractivity contribution is 6.72. The van der Waals surface area contributed by atoms with E-state index in [1.54, 1.807) is 11.5 Å². The third-order valence-corrected chi connectivity index (χ3v) is 12.0. The molecule has 2 aromatic carbocycles. The molecule has 1 atom stereocenters. The molecule has 0 unspecified atom stereocenters. The third kappa shape index (κ3) is 7.30. The predicted octanol–water partition coefficient (Wildman–Crippen LogP) is 7.73. The SMILES string of the molecule is CCOC(=O)c1cn([C@H](CCC(C)(C)[Si](C)(C)O)C(C)(C)C)c2cc(F)c(CCc3ccc(F)cc3F)cc2c1=O. The number of hydrogen-bond donors (Lipinski definition) is 1. The second kappa shape index (κ2) is 12.1. The first-order valence-corrected chi connectivity index (χ1v) is 17.0. The Kier molecular flexibility index (Phi) is 9.65. The van der Waals surface area contributed by atoms with Crippen molar-refractivity contribution in [3.63, 3.8) is 0 Å². The van der Waals surface area contributed by atoms with Gasteiger partial charge in [-0.1, -0.05) is 40.7 Å². The number of aryl methyl sites for hydroxylation is 2. The van der Waals surface area contributed by atoms with Crippen LogP contribution in [0.1, 0.15) is 81.9 Å². The molecule has 0 aliphatic carbocycles. The summed E-state index contributed by atoms with van der Waals surface area (Å²) in [7, 11) is -2.52. The summed E-state index contributed by atoms with van der Waals surface area (Å²) in [5, 5.41) is -0.152. The zero-order valence-electron chi connectivity index (χ0n) is 25.3. The highest BCUT2D eigenvalue weighted by Gasteiger charge is 2.39. The topological polar surface area (TPSA) is 68.5 Å². The van der Waals surface area contributed by atoms with Gasteiger partial charge in [-0.3, -0.25) is 4.79 Å². The van der Waals surface area contributed by atoms with Gasteiger partial charge in [-0.05, 0) is 85.5 Å². The van der Waals surface area contributed by atoms with Crippen LogP contribution in [0.15, 0.2) is 41.3 Å². The van der Waals surface area contributed by atoms with Crippen molar-refractivity contribution in [3.05, 3.63) is 80.9 Å². The second-order valence-corrected chi connectivity index (χ2v) is 17.5. The second-order valence-electron chi connectivity index (χ2n) is 13.1. The molecule has 0 saturated heterocycles. The van der Waals surface area contributed by atoms with E-state index >= 15 is 4.39 Å². The molecule has 9 heteroatoms. The minimum Gasteiger partial charge on any atom is -0.462 e. The van der Waals surface area contributed by atoms with E-state index < -0.39 is 37.2 Å². The van der Waals surface area contributed by atoms with Crippen LogP contribution >= 0.6 is 0 Å². The van der Waals surface area contributed by atoms with Crippen molar-refractivity contribution in [3.8, 4) is 0 Å². The molecule has 0 aliphatic heterocycles. The number of carbonyl (C=O) groups is 1. The Morgan fingerprint density at radius 2 is 1.61 bits per heavy atom. The number of nitrogens with zero attached hydrogens (tertiary/aromatic N) is 1. The number of pyridine rings is 1. The first kappa shape index (κ1) is 32.6. The number of benzene rings is 2. The molecular formula is C32H42F3NO4Si. The van der Waals surface area contributed by atoms with Gasteiger partial charge < -0.3 is 14.1 Å². The quantitative estimate of drug-likeness (QED) is 0.194. The lowest BCUT2D eigenvalue weighted by atomic mass is 9.82. The lowest BCUT2D eigenvalue weighted by molar-refractivity contribution is 0.0523. The maximum absolute atomic E-state index is 15.6. The number of halogens is 3. The van der Waals surface area contributed by atoms with Gasteiger partial charge >= 0.3 is 5.97 Å². The summed E-state index contributed by atoms with van der Waals surface area (Å²) in [4.78, 5) is 37.4. The molecule has 0 bridgehead atoms. The molecule has 1 N–H and O–H groups in total. The van der Waals surface area contributed by atoms with Crippen molar-refractivity contribution in [2.45, 2.75) is 91.4 Å². The number of hydrogen-bond acceptors (Lipinski definition) is 4. The number of ether oxygens (including phenoxy) is 1. The molecule has 3 aromatic rings. The van der Waals surface area contributed by atoms with Crippen molar-refractivity contribution in [1.29, 1.82) is 0 Å². The van der Waals surface area contributed by atoms with Gasteiger partial charge in [0.05, 0.1) is 12.1 Å². The Morgan fingerprint density at radius 3 is 2.17 bits per heavy atom. The van der Waals surface area contributed by atoms with Crippen LogP contribution in [0.5, 0.6) is 0 Å². The summed E-state index contributed by atoms with van der Waals surface area (Å²) in [6.45, 7) is 15.8. The number of aromatic nitrogens is 1. The molecule has 5 nitrogen and oxygen atoms in total. The maximum atomic E-state index is 15.6. The van der Waals surface area contributed by atoms with Crippen molar-refractivity contribution in [2.75, 3.05) is 6.61 Å². The van der Waals surface area contributed by atoms with Gasteiger partial charge in [0.1, 0.15) is 23.0 Å². The highest BCUT2D eigenvalue weighted by atomic mass is 28.4. The largest absolute Gasteiger partial charge is 0.462 e. The Labute approximate surface area is 241 Å². The summed E-state index contributed by atoms with van der Waals surface area (Å²) in [6.07, 6.45) is 2.93. The molecule has 3 rings (SSSR count). The minimum absolute atomic E-state index is 0.0699. The maximum Gasteiger partial charge on any atom is 0.343 e. The average molecular weight is 590 g/mol. The fourth-order valence-electron chi connectivity index (χ4n) is 5.01. The van der Waals surface area contributed by atoms with Crippen LogP contribution in [0.2, 0.25) is 18.1 Å². The fourth-order valence-corrected chi connectivity index (χ4v) is 5.76. The first-order valence-electron chi connectivity index (χ1n) is 14.1. The number of esters is 1. The summed E-state index contributed by atoms with van der Waals surface area (Å²) in [5.74, 6) is -2.74. The first-order chi connectivity index (χ1) is 18.9. The van der Waals surface area contributed by atoms with Gasteiger partial charge in [0.25, 0.3) is 0 Å². The normalized spacial score (nSPS) is 13.5. The van der Waals surface area contributed by atoms with Crippen molar-refractivity contribution in [2.24, 2.45) is 5.41 Å². The zero-order valence-corrected chi connectivity index (χ0v) is 26.3. The summed E-state index contributed by atoms with van der Waals surface area (Å²) < 4.78 is 50.1. The lowest BCUT2D eigenvalue weighted by Gasteiger charge is -2.40. The molecule has 1 heterocycles. The molecular weight excluding hydrogens is 547 g/mol. The predicted molar refractivity (Wildman–Crippen MR) is 159 cm³/mol. The molecule has 0 aliphatic rings. The van der Waals surface area contributed by atoms with Crippen LogP contribution in [-0.4, -0.2) is 30.3 Å². The van der Waals surface area contributed by atoms with Crippen LogP contribution in [0, 0.1) is 22.9 Å². The van der Waals surface area contributed by atoms with E-state index in [0.717, 1.165) is 12.1 Å². The van der Waals surface area contributed by atoms with Crippen LogP contribution in [0.3, 0.4) is 0 Å². The Balaban J connectivity index is 2.19. The molecule has 0 radical (unpaired) electrons. The molecule has 0 saturated carbocycles. The minimum atomic E-state index is -2.52. The Bertz CT molecular complexity index is 1490. The summed E-state index contributed by atoms with van der Waals surface area (Å²) in [6, 6.07) is 5.73. The average Bonchev–Trinajstić information content (AvgIpc) is 2.83. The van der Waals surface area contributed by atoms with Crippen LogP contribution in [0.25, 0.3) is 10.9 Å². The van der Waals surface area contributed by atoms with E-state index in [1.165, 1.54) is 24.4 Å². The van der Waals surface area contributed by atoms with E-state index in [4.69, 9.17) is 4.74 Å². The number of carbonyl (C=O) groups excluding carboxylic acids is 1. The third-order valence-electron chi connectivity index (χ3n) is 8.41. The molecule has 1 aromatic heterocycles. The fraction of sp³-hybridized carbons (Fsp3) is 0.500. The Hall–Kier alpha value is -2.91.